The van der Waals surface area contributed by atoms with E-state index in [1.54, 1.807) is 0 Å². The largest absolute Gasteiger partial charge is 0.512 e. The van der Waals surface area contributed by atoms with E-state index in [9.17, 15) is 29.1 Å². The smallest absolute Gasteiger partial charge is 0.159 e. The molecule has 0 aliphatic heterocycles. The molecule has 0 atom stereocenters. The number of rotatable bonds is 17. The van der Waals surface area contributed by atoms with Crippen molar-refractivity contribution in [3.8, 4) is 89.7 Å². The molecule has 0 unspecified atom stereocenters. The number of nitrogens with zero attached hydrogens (tertiary/aromatic N) is 5. The Bertz CT molecular complexity index is 7030. The number of para-hydroxylation sites is 2. The van der Waals surface area contributed by atoms with Gasteiger partial charge in [0.25, 0.3) is 0 Å². The van der Waals surface area contributed by atoms with Crippen molar-refractivity contribution in [1.29, 1.82) is 0 Å². The van der Waals surface area contributed by atoms with E-state index in [0.717, 1.165) is 89.5 Å². The fraction of sp³-hybridized carbons (Fsp3) is 0.225. The number of aliphatic hydroxyl groups excluding tert-OH is 5. The van der Waals surface area contributed by atoms with Gasteiger partial charge in [0.1, 0.15) is 0 Å². The third-order valence-electron chi connectivity index (χ3n) is 21.1. The van der Waals surface area contributed by atoms with E-state index in [-0.39, 0.29) is 158 Å². The predicted octanol–water partition coefficient (Wildman–Crippen LogP) is 32.4. The number of ketones is 5. The summed E-state index contributed by atoms with van der Waals surface area (Å²) in [4.78, 5) is 74.6. The Morgan fingerprint density at radius 3 is 1.01 bits per heavy atom. The van der Waals surface area contributed by atoms with Crippen LogP contribution in [0, 0.1) is 132 Å². The molecular weight excluding hydrogens is 2740 g/mol. The van der Waals surface area contributed by atoms with Crippen LogP contribution in [0.1, 0.15) is 168 Å². The summed E-state index contributed by atoms with van der Waals surface area (Å²) in [5, 5.41) is 46.5. The number of allylic oxidation sites excluding steroid dienone is 10. The summed E-state index contributed by atoms with van der Waals surface area (Å²) < 4.78 is 0. The topological polar surface area (TPSA) is 251 Å². The zero-order valence-electron chi connectivity index (χ0n) is 89.6. The van der Waals surface area contributed by atoms with Crippen LogP contribution in [-0.2, 0) is 124 Å². The SMILES string of the molecule is CC(=O)C=C(C)O.CC(=O)C=C(C)O.CC(=O)C=C(C)O.CC(=O)C=C(C)O.CC(C)CC(=O)C=C(O)CC(C)C.Cc1[c-]c(-c2cc(-c3ccc(C)cc3)c3ccccc3n2)cc(C)c1.Cc1[c-]c(-c2cc(C)c3c(C)cccc3n2)cc(C)c1.Cc1[c-]c(-c2cc(C)c3ccccc3n2)cc(C)c1.Cc1cc(C)cc(-c2ccnc(-c3[c-]cccc3)c2)c1.Cc1ccc(-c2ccnc(-c3[c-]cccc3)c2)cc1.[Ir].[Ir].[Ir].[Ir].[Ir]. The average Bonchev–Trinajstić information content (AvgIpc) is 0.770. The van der Waals surface area contributed by atoms with Crippen LogP contribution in [-0.4, -0.2) is 79.4 Å². The van der Waals surface area contributed by atoms with Crippen molar-refractivity contribution in [3.05, 3.63) is 435 Å². The van der Waals surface area contributed by atoms with Crippen molar-refractivity contribution in [2.45, 2.75) is 186 Å². The maximum Gasteiger partial charge on any atom is 0.159 e. The molecule has 0 saturated carbocycles. The number of carbonyl (C=O) groups is 5. The number of hydrogen-bond acceptors (Lipinski definition) is 15. The van der Waals surface area contributed by atoms with E-state index < -0.39 is 0 Å². The fourth-order valence-electron chi connectivity index (χ4n) is 15.5. The quantitative estimate of drug-likeness (QED) is 0.0323. The Labute approximate surface area is 950 Å². The van der Waals surface area contributed by atoms with Gasteiger partial charge in [0.05, 0.1) is 45.3 Å². The molecular formula is C129H136Ir5N5O10-5. The first kappa shape index (κ1) is 132. The van der Waals surface area contributed by atoms with Crippen LogP contribution in [0.3, 0.4) is 0 Å². The summed E-state index contributed by atoms with van der Waals surface area (Å²) in [5.41, 5.74) is 36.6. The summed E-state index contributed by atoms with van der Waals surface area (Å²) in [6.07, 6.45) is 10.8. The first-order valence-corrected chi connectivity index (χ1v) is 47.9. The molecule has 5 heterocycles. The zero-order valence-corrected chi connectivity index (χ0v) is 102. The van der Waals surface area contributed by atoms with Crippen LogP contribution >= 0.6 is 0 Å². The van der Waals surface area contributed by atoms with E-state index in [0.29, 0.717) is 24.7 Å². The predicted molar refractivity (Wildman–Crippen MR) is 596 cm³/mol. The third-order valence-corrected chi connectivity index (χ3v) is 21.1. The van der Waals surface area contributed by atoms with E-state index in [1.165, 1.54) is 191 Å². The summed E-state index contributed by atoms with van der Waals surface area (Å²) in [6, 6.07) is 107. The first-order valence-electron chi connectivity index (χ1n) is 47.9. The van der Waals surface area contributed by atoms with E-state index in [1.807, 2.05) is 107 Å². The summed E-state index contributed by atoms with van der Waals surface area (Å²) in [5.74, 6) is 0.729. The number of fused-ring (bicyclic) bond motifs is 3. The second-order valence-corrected chi connectivity index (χ2v) is 36.9. The summed E-state index contributed by atoms with van der Waals surface area (Å²) >= 11 is 0. The van der Waals surface area contributed by atoms with Crippen LogP contribution in [0.4, 0.5) is 0 Å². The number of carbonyl (C=O) groups excluding carboxylic acids is 5. The molecule has 0 aliphatic rings. The van der Waals surface area contributed by atoms with Crippen molar-refractivity contribution in [2.75, 3.05) is 0 Å². The third kappa shape index (κ3) is 48.2. The molecule has 0 saturated heterocycles. The number of pyridine rings is 5. The molecule has 0 spiro atoms. The first-order chi connectivity index (χ1) is 68.2. The minimum absolute atomic E-state index is 0. The standard InChI is InChI=1S/C24H20N.C19H18N.C19H16N.C18H16N.C18H14N.C11H20O2.4C5H8O2.5Ir/c1-16-8-10-19(11-9-16)22-15-24(20-13-17(2)12-18(3)14-20)25-23-7-5-4-6-21(22)23;1-12-8-13(2)10-16(9-12)18-11-15(4)19-14(3)6-5-7-17(19)20-18;1-14-10-15(2)12-18(11-14)17-8-9-20-19(13-17)16-6-4-3-5-7-16;1-12-8-13(2)10-15(9-12)18-11-14(3)16-6-4-5-7-17(16)19-18;1-14-7-9-15(10-8-14)17-11-12-19-18(13-17)16-5-3-2-4-6-16;1-8(2)5-10(12)7-11(13)6-9(3)4;4*1-4(6)3-5(2)7;;;;;/h4-13,15H,1-3H3;5-9,11H,1-4H3;3-6,8-13H,1-2H3;4-9,11H,1-3H3;2-5,7-13H,1H3;7-9,12H,5-6H2,1-4H3;4*3,6H,1-2H3;;;;;/q5*-1;;;;;;;;;;. The Hall–Kier alpha value is -12.8. The van der Waals surface area contributed by atoms with Crippen LogP contribution in [0.5, 0.6) is 0 Å². The molecule has 0 aliphatic carbocycles. The van der Waals surface area contributed by atoms with Gasteiger partial charge in [0, 0.05) is 172 Å². The van der Waals surface area contributed by atoms with Gasteiger partial charge in [0.2, 0.25) is 0 Å². The number of benzene rings is 11. The van der Waals surface area contributed by atoms with Gasteiger partial charge in [-0.1, -0.05) is 237 Å². The molecule has 16 aromatic rings. The Morgan fingerprint density at radius 1 is 0.289 bits per heavy atom. The van der Waals surface area contributed by atoms with Gasteiger partial charge in [0.15, 0.2) is 28.9 Å². The molecule has 5 aromatic heterocycles. The van der Waals surface area contributed by atoms with Crippen molar-refractivity contribution < 1.29 is 150 Å². The normalized spacial score (nSPS) is 10.7. The Kier molecular flexibility index (Phi) is 59.8. The molecule has 11 aromatic carbocycles. The molecule has 0 amide bonds. The van der Waals surface area contributed by atoms with Gasteiger partial charge in [-0.25, -0.2) is 0 Å². The Morgan fingerprint density at radius 2 is 0.638 bits per heavy atom. The number of aromatic nitrogens is 5. The molecule has 0 bridgehead atoms. The minimum Gasteiger partial charge on any atom is -0.512 e. The van der Waals surface area contributed by atoms with Crippen LogP contribution in [0.25, 0.3) is 122 Å². The number of aryl methyl sites for hydroxylation is 13. The number of aliphatic hydroxyl groups is 5. The number of hydrogen-bond donors (Lipinski definition) is 5. The van der Waals surface area contributed by atoms with Crippen LogP contribution < -0.4 is 0 Å². The maximum absolute atomic E-state index is 11.2. The van der Waals surface area contributed by atoms with Crippen molar-refractivity contribution >= 4 is 61.6 Å². The monoisotopic (exact) mass is 2880 g/mol. The molecule has 0 fully saturated rings. The van der Waals surface area contributed by atoms with Crippen molar-refractivity contribution in [2.24, 2.45) is 11.8 Å². The molecule has 20 heteroatoms. The van der Waals surface area contributed by atoms with Crippen molar-refractivity contribution in [1.82, 2.24) is 24.9 Å². The van der Waals surface area contributed by atoms with Crippen LogP contribution in [0.2, 0.25) is 0 Å². The van der Waals surface area contributed by atoms with Gasteiger partial charge < -0.3 is 35.5 Å². The minimum atomic E-state index is -0.125. The molecule has 5 radical (unpaired) electrons. The molecule has 15 nitrogen and oxygen atoms in total. The average molecular weight is 2880 g/mol. The van der Waals surface area contributed by atoms with Gasteiger partial charge in [-0.05, 0) is 225 Å². The summed E-state index contributed by atoms with van der Waals surface area (Å²) in [7, 11) is 0. The molecule has 5 N–H and O–H groups in total. The van der Waals surface area contributed by atoms with Crippen LogP contribution in [0.15, 0.2) is 332 Å². The maximum atomic E-state index is 11.2. The Balaban J connectivity index is 0.000000574. The zero-order chi connectivity index (χ0) is 106. The van der Waals surface area contributed by atoms with Crippen molar-refractivity contribution in [3.63, 3.8) is 0 Å². The second-order valence-electron chi connectivity index (χ2n) is 36.9. The molecule has 16 rings (SSSR count). The van der Waals surface area contributed by atoms with Gasteiger partial charge in [-0.15, -0.1) is 176 Å². The van der Waals surface area contributed by atoms with Gasteiger partial charge >= 0.3 is 0 Å². The van der Waals surface area contributed by atoms with E-state index >= 15 is 0 Å². The van der Waals surface area contributed by atoms with Gasteiger partial charge in [-0.3, -0.25) is 38.9 Å². The molecule has 787 valence electrons. The van der Waals surface area contributed by atoms with Gasteiger partial charge in [-0.2, -0.15) is 0 Å². The fourth-order valence-corrected chi connectivity index (χ4v) is 15.5. The van der Waals surface area contributed by atoms with E-state index in [2.05, 4.69) is 324 Å². The second kappa shape index (κ2) is 67.3. The molecule has 149 heavy (non-hydrogen) atoms. The summed E-state index contributed by atoms with van der Waals surface area (Å²) in [6.45, 7) is 46.9. The van der Waals surface area contributed by atoms with E-state index in [4.69, 9.17) is 35.4 Å².